The number of allylic oxidation sites excluding steroid dienone is 1. The third kappa shape index (κ3) is 5.23. The average molecular weight is 588 g/mol. The van der Waals surface area contributed by atoms with Crippen LogP contribution in [0.2, 0.25) is 0 Å². The van der Waals surface area contributed by atoms with Crippen LogP contribution in [-0.2, 0) is 11.3 Å². The molecule has 0 fully saturated rings. The van der Waals surface area contributed by atoms with Crippen LogP contribution < -0.4 is 10.9 Å². The van der Waals surface area contributed by atoms with E-state index in [4.69, 9.17) is 4.98 Å². The van der Waals surface area contributed by atoms with Gasteiger partial charge in [0, 0.05) is 26.7 Å². The molecule has 0 atom stereocenters. The quantitative estimate of drug-likeness (QED) is 0.120. The van der Waals surface area contributed by atoms with Crippen molar-refractivity contribution < 1.29 is 4.79 Å². The summed E-state index contributed by atoms with van der Waals surface area (Å²) in [7, 11) is 0. The van der Waals surface area contributed by atoms with Crippen molar-refractivity contribution >= 4 is 67.5 Å². The van der Waals surface area contributed by atoms with Crippen molar-refractivity contribution in [3.8, 4) is 11.1 Å². The van der Waals surface area contributed by atoms with Gasteiger partial charge in [0.05, 0.1) is 11.1 Å². The van der Waals surface area contributed by atoms with E-state index in [-0.39, 0.29) is 17.2 Å². The Kier molecular flexibility index (Phi) is 7.35. The third-order valence-electron chi connectivity index (χ3n) is 5.13. The van der Waals surface area contributed by atoms with Gasteiger partial charge in [0.25, 0.3) is 5.56 Å². The van der Waals surface area contributed by atoms with Gasteiger partial charge in [-0.05, 0) is 65.8 Å². The van der Waals surface area contributed by atoms with Gasteiger partial charge < -0.3 is 5.32 Å². The Hall–Kier alpha value is -2.43. The highest BCUT2D eigenvalue weighted by Crippen LogP contribution is 2.32. The minimum absolute atomic E-state index is 0.117. The summed E-state index contributed by atoms with van der Waals surface area (Å²) in [6.07, 6.45) is 1.67. The second kappa shape index (κ2) is 10.2. The molecule has 0 aliphatic heterocycles. The largest absolute Gasteiger partial charge is 0.325 e. The second-order valence-electron chi connectivity index (χ2n) is 7.59. The van der Waals surface area contributed by atoms with Crippen LogP contribution >= 0.6 is 45.7 Å². The molecule has 2 heterocycles. The third-order valence-corrected chi connectivity index (χ3v) is 7.65. The van der Waals surface area contributed by atoms with Gasteiger partial charge in [-0.2, -0.15) is 0 Å². The van der Waals surface area contributed by atoms with Crippen molar-refractivity contribution in [2.45, 2.75) is 25.5 Å². The first-order valence-corrected chi connectivity index (χ1v) is 13.2. The van der Waals surface area contributed by atoms with Crippen molar-refractivity contribution in [3.63, 3.8) is 0 Å². The van der Waals surface area contributed by atoms with Crippen LogP contribution in [0, 0.1) is 17.4 Å². The summed E-state index contributed by atoms with van der Waals surface area (Å²) in [4.78, 5) is 31.4. The lowest BCUT2D eigenvalue weighted by molar-refractivity contribution is -0.113. The Morgan fingerprint density at radius 2 is 2.00 bits per heavy atom. The van der Waals surface area contributed by atoms with Crippen molar-refractivity contribution in [1.29, 1.82) is 0 Å². The van der Waals surface area contributed by atoms with E-state index in [1.807, 2.05) is 61.7 Å². The summed E-state index contributed by atoms with van der Waals surface area (Å²) in [6, 6.07) is 14.0. The summed E-state index contributed by atoms with van der Waals surface area (Å²) in [5, 5.41) is 6.04. The maximum atomic E-state index is 13.4. The Bertz CT molecular complexity index is 1410. The minimum atomic E-state index is -0.143. The van der Waals surface area contributed by atoms with Gasteiger partial charge in [-0.15, -0.1) is 17.9 Å². The van der Waals surface area contributed by atoms with Crippen molar-refractivity contribution in [2.24, 2.45) is 0 Å². The van der Waals surface area contributed by atoms with E-state index in [9.17, 15) is 9.59 Å². The number of carbonyl (C=O) groups is 1. The van der Waals surface area contributed by atoms with Crippen molar-refractivity contribution in [1.82, 2.24) is 9.55 Å². The van der Waals surface area contributed by atoms with Gasteiger partial charge in [-0.1, -0.05) is 47.7 Å². The predicted molar refractivity (Wildman–Crippen MR) is 147 cm³/mol. The van der Waals surface area contributed by atoms with E-state index in [2.05, 4.69) is 34.5 Å². The van der Waals surface area contributed by atoms with Crippen LogP contribution in [0.15, 0.2) is 70.5 Å². The highest BCUT2D eigenvalue weighted by atomic mass is 127. The maximum absolute atomic E-state index is 13.4. The molecule has 0 aliphatic rings. The van der Waals surface area contributed by atoms with E-state index in [1.165, 1.54) is 23.1 Å². The molecule has 5 nitrogen and oxygen atoms in total. The molecule has 8 heteroatoms. The molecule has 0 bridgehead atoms. The molecule has 0 saturated carbocycles. The summed E-state index contributed by atoms with van der Waals surface area (Å²) in [5.74, 6) is 0.00630. The van der Waals surface area contributed by atoms with Crippen LogP contribution in [0.1, 0.15) is 11.1 Å². The van der Waals surface area contributed by atoms with E-state index < -0.39 is 0 Å². The lowest BCUT2D eigenvalue weighted by Crippen LogP contribution is -2.23. The molecule has 1 N–H and O–H groups in total. The normalized spacial score (nSPS) is 11.0. The van der Waals surface area contributed by atoms with Crippen molar-refractivity contribution in [2.75, 3.05) is 11.1 Å². The number of amides is 1. The van der Waals surface area contributed by atoms with Gasteiger partial charge >= 0.3 is 0 Å². The van der Waals surface area contributed by atoms with E-state index >= 15 is 0 Å². The smallest absolute Gasteiger partial charge is 0.263 e. The average Bonchev–Trinajstić information content (AvgIpc) is 3.21. The van der Waals surface area contributed by atoms with Crippen LogP contribution in [0.3, 0.4) is 0 Å². The van der Waals surface area contributed by atoms with Crippen LogP contribution in [-0.4, -0.2) is 21.2 Å². The zero-order chi connectivity index (χ0) is 23.5. The fourth-order valence-electron chi connectivity index (χ4n) is 3.44. The minimum Gasteiger partial charge on any atom is -0.325 e. The number of aryl methyl sites for hydroxylation is 2. The van der Waals surface area contributed by atoms with Crippen molar-refractivity contribution in [3.05, 3.63) is 85.6 Å². The molecule has 0 radical (unpaired) electrons. The summed E-state index contributed by atoms with van der Waals surface area (Å²) < 4.78 is 2.71. The number of aromatic nitrogens is 2. The summed E-state index contributed by atoms with van der Waals surface area (Å²) in [6.45, 7) is 8.11. The van der Waals surface area contributed by atoms with Crippen LogP contribution in [0.4, 0.5) is 5.69 Å². The monoisotopic (exact) mass is 587 g/mol. The van der Waals surface area contributed by atoms with E-state index in [0.29, 0.717) is 21.9 Å². The number of fused-ring (bicyclic) bond motifs is 1. The molecule has 1 amide bonds. The number of thiophene rings is 1. The molecule has 2 aromatic carbocycles. The summed E-state index contributed by atoms with van der Waals surface area (Å²) in [5.41, 5.74) is 4.71. The van der Waals surface area contributed by atoms with Gasteiger partial charge in [0.1, 0.15) is 4.83 Å². The fraction of sp³-hybridized carbons (Fsp3) is 0.160. The first kappa shape index (κ1) is 23.7. The molecule has 0 saturated heterocycles. The molecule has 0 spiro atoms. The number of anilines is 1. The molecule has 0 unspecified atom stereocenters. The molecule has 4 rings (SSSR count). The first-order chi connectivity index (χ1) is 15.9. The number of hydrogen-bond donors (Lipinski definition) is 1. The fourth-order valence-corrected chi connectivity index (χ4v) is 5.88. The topological polar surface area (TPSA) is 64.0 Å². The predicted octanol–water partition coefficient (Wildman–Crippen LogP) is 6.26. The number of thioether (sulfide) groups is 1. The summed E-state index contributed by atoms with van der Waals surface area (Å²) >= 11 is 4.94. The van der Waals surface area contributed by atoms with E-state index in [1.54, 1.807) is 10.6 Å². The van der Waals surface area contributed by atoms with Gasteiger partial charge in [-0.3, -0.25) is 14.2 Å². The molecular formula is C25H22IN3O2S2. The molecule has 0 aliphatic carbocycles. The van der Waals surface area contributed by atoms with Gasteiger partial charge in [-0.25, -0.2) is 4.98 Å². The van der Waals surface area contributed by atoms with Gasteiger partial charge in [0.15, 0.2) is 5.16 Å². The number of nitrogens with zero attached hydrogens (tertiary/aromatic N) is 2. The number of carbonyl (C=O) groups excluding carboxylic acids is 1. The Labute approximate surface area is 214 Å². The molecular weight excluding hydrogens is 565 g/mol. The first-order valence-electron chi connectivity index (χ1n) is 10.3. The number of rotatable bonds is 7. The number of nitrogens with one attached hydrogen (secondary N) is 1. The number of hydrogen-bond acceptors (Lipinski definition) is 5. The standard InChI is InChI=1S/C25H22IN3O2S2/c1-4-11-29-24(31)22-19(17-7-5-15(2)6-8-17)13-32-23(22)28-25(29)33-14-21(30)27-20-10-9-18(26)12-16(20)3/h4-10,12-13H,1,11,14H2,2-3H3,(H,27,30). The molecule has 168 valence electrons. The lowest BCUT2D eigenvalue weighted by atomic mass is 10.1. The van der Waals surface area contributed by atoms with Crippen LogP contribution in [0.25, 0.3) is 21.3 Å². The second-order valence-corrected chi connectivity index (χ2v) is 10.6. The lowest BCUT2D eigenvalue weighted by Gasteiger charge is -2.12. The maximum Gasteiger partial charge on any atom is 0.263 e. The molecule has 2 aromatic heterocycles. The zero-order valence-electron chi connectivity index (χ0n) is 18.2. The Morgan fingerprint density at radius 3 is 2.70 bits per heavy atom. The number of benzene rings is 2. The van der Waals surface area contributed by atoms with Gasteiger partial charge in [0.2, 0.25) is 5.91 Å². The SMILES string of the molecule is C=CCn1c(SCC(=O)Nc2ccc(I)cc2C)nc2scc(-c3ccc(C)cc3)c2c1=O. The molecule has 33 heavy (non-hydrogen) atoms. The number of halogens is 1. The van der Waals surface area contributed by atoms with Crippen LogP contribution in [0.5, 0.6) is 0 Å². The Morgan fingerprint density at radius 1 is 1.24 bits per heavy atom. The zero-order valence-corrected chi connectivity index (χ0v) is 22.0. The highest BCUT2D eigenvalue weighted by molar-refractivity contribution is 14.1. The highest BCUT2D eigenvalue weighted by Gasteiger charge is 2.18. The Balaban J connectivity index is 1.63. The molecule has 4 aromatic rings. The van der Waals surface area contributed by atoms with E-state index in [0.717, 1.165) is 31.5 Å².